The fraction of sp³-hybridized carbons (Fsp3) is 0.222. The molecule has 0 atom stereocenters. The maximum Gasteiger partial charge on any atom is 0.573 e. The molecule has 3 N–H and O–H groups in total. The molecule has 0 radical (unpaired) electrons. The van der Waals surface area contributed by atoms with Crippen LogP contribution in [0.3, 0.4) is 0 Å². The molecule has 1 rings (SSSR count). The van der Waals surface area contributed by atoms with E-state index in [-0.39, 0.29) is 4.90 Å². The highest BCUT2D eigenvalue weighted by atomic mass is 32.2. The zero-order valence-corrected chi connectivity index (χ0v) is 10.1. The fourth-order valence-corrected chi connectivity index (χ4v) is 2.32. The average molecular weight is 298 g/mol. The predicted molar refractivity (Wildman–Crippen MR) is 58.6 cm³/mol. The molecule has 0 aromatic heterocycles. The molecule has 0 saturated carbocycles. The van der Waals surface area contributed by atoms with E-state index in [1.807, 2.05) is 0 Å². The number of rotatable bonds is 4. The van der Waals surface area contributed by atoms with Gasteiger partial charge in [0.05, 0.1) is 4.90 Å². The van der Waals surface area contributed by atoms with Crippen molar-refractivity contribution in [3.8, 4) is 5.75 Å². The van der Waals surface area contributed by atoms with Crippen molar-refractivity contribution >= 4 is 15.7 Å². The molecule has 1 aromatic carbocycles. The molecule has 10 heteroatoms. The van der Waals surface area contributed by atoms with Gasteiger partial charge in [0.2, 0.25) is 0 Å². The summed E-state index contributed by atoms with van der Waals surface area (Å²) in [5.41, 5.74) is 5.06. The van der Waals surface area contributed by atoms with E-state index in [9.17, 15) is 21.6 Å². The number of sulfone groups is 1. The highest BCUT2D eigenvalue weighted by Crippen LogP contribution is 2.24. The molecular weight excluding hydrogens is 289 g/mol. The second kappa shape index (κ2) is 5.34. The van der Waals surface area contributed by atoms with Crippen molar-refractivity contribution < 1.29 is 31.5 Å². The van der Waals surface area contributed by atoms with Crippen LogP contribution in [0.5, 0.6) is 5.75 Å². The summed E-state index contributed by atoms with van der Waals surface area (Å²) in [5, 5.41) is 10.8. The summed E-state index contributed by atoms with van der Waals surface area (Å²) in [7, 11) is -3.88. The molecule has 0 fully saturated rings. The first-order valence-corrected chi connectivity index (χ1v) is 6.34. The largest absolute Gasteiger partial charge is 0.573 e. The van der Waals surface area contributed by atoms with Gasteiger partial charge in [0.25, 0.3) is 0 Å². The van der Waals surface area contributed by atoms with Gasteiger partial charge in [-0.05, 0) is 24.3 Å². The summed E-state index contributed by atoms with van der Waals surface area (Å²) in [6, 6.07) is 3.57. The predicted octanol–water partition coefficient (Wildman–Crippen LogP) is 1.11. The SMILES string of the molecule is NC(CS(=O)(=O)c1ccc(OC(F)(F)F)cc1)=NO. The lowest BCUT2D eigenvalue weighted by Crippen LogP contribution is -2.23. The smallest absolute Gasteiger partial charge is 0.409 e. The van der Waals surface area contributed by atoms with Crippen LogP contribution in [0.1, 0.15) is 0 Å². The lowest BCUT2D eigenvalue weighted by atomic mass is 10.3. The van der Waals surface area contributed by atoms with E-state index in [0.29, 0.717) is 0 Å². The lowest BCUT2D eigenvalue weighted by Gasteiger charge is -2.09. The third kappa shape index (κ3) is 4.66. The molecule has 1 aromatic rings. The number of alkyl halides is 3. The van der Waals surface area contributed by atoms with Crippen LogP contribution in [0.15, 0.2) is 34.3 Å². The molecule has 0 aliphatic rings. The third-order valence-corrected chi connectivity index (χ3v) is 3.55. The quantitative estimate of drug-likeness (QED) is 0.375. The maximum absolute atomic E-state index is 11.9. The highest BCUT2D eigenvalue weighted by Gasteiger charge is 2.31. The van der Waals surface area contributed by atoms with E-state index >= 15 is 0 Å². The first kappa shape index (κ1) is 15.1. The zero-order valence-electron chi connectivity index (χ0n) is 9.26. The van der Waals surface area contributed by atoms with Gasteiger partial charge in [-0.15, -0.1) is 13.2 Å². The van der Waals surface area contributed by atoms with Gasteiger partial charge in [0.1, 0.15) is 11.5 Å². The van der Waals surface area contributed by atoms with Crippen molar-refractivity contribution in [1.29, 1.82) is 0 Å². The number of ether oxygens (including phenoxy) is 1. The van der Waals surface area contributed by atoms with Crippen molar-refractivity contribution in [2.45, 2.75) is 11.3 Å². The molecule has 106 valence electrons. The van der Waals surface area contributed by atoms with Gasteiger partial charge in [-0.1, -0.05) is 5.16 Å². The Morgan fingerprint density at radius 2 is 1.84 bits per heavy atom. The van der Waals surface area contributed by atoms with Crippen molar-refractivity contribution in [1.82, 2.24) is 0 Å². The number of hydrogen-bond acceptors (Lipinski definition) is 5. The summed E-state index contributed by atoms with van der Waals surface area (Å²) in [6.45, 7) is 0. The van der Waals surface area contributed by atoms with Gasteiger partial charge in [-0.3, -0.25) is 0 Å². The van der Waals surface area contributed by atoms with E-state index in [0.717, 1.165) is 24.3 Å². The van der Waals surface area contributed by atoms with Crippen LogP contribution in [-0.2, 0) is 9.84 Å². The Labute approximate surface area is 106 Å². The summed E-state index contributed by atoms with van der Waals surface area (Å²) in [5.74, 6) is -1.82. The van der Waals surface area contributed by atoms with Gasteiger partial charge < -0.3 is 15.7 Å². The number of oxime groups is 1. The molecule has 19 heavy (non-hydrogen) atoms. The van der Waals surface area contributed by atoms with Crippen LogP contribution in [0.2, 0.25) is 0 Å². The van der Waals surface area contributed by atoms with Gasteiger partial charge >= 0.3 is 6.36 Å². The van der Waals surface area contributed by atoms with Crippen LogP contribution in [0.4, 0.5) is 13.2 Å². The van der Waals surface area contributed by atoms with Crippen LogP contribution < -0.4 is 10.5 Å². The molecule has 0 heterocycles. The number of benzene rings is 1. The monoisotopic (exact) mass is 298 g/mol. The summed E-state index contributed by atoms with van der Waals surface area (Å²) >= 11 is 0. The van der Waals surface area contributed by atoms with Gasteiger partial charge in [-0.2, -0.15) is 0 Å². The Bertz CT molecular complexity index is 566. The Balaban J connectivity index is 2.93. The topological polar surface area (TPSA) is 102 Å². The van der Waals surface area contributed by atoms with E-state index < -0.39 is 33.5 Å². The van der Waals surface area contributed by atoms with Gasteiger partial charge in [0, 0.05) is 0 Å². The van der Waals surface area contributed by atoms with Crippen LogP contribution in [0.25, 0.3) is 0 Å². The third-order valence-electron chi connectivity index (χ3n) is 1.88. The Hall–Kier alpha value is -1.97. The summed E-state index contributed by atoms with van der Waals surface area (Å²) < 4.78 is 62.6. The van der Waals surface area contributed by atoms with E-state index in [2.05, 4.69) is 9.89 Å². The minimum Gasteiger partial charge on any atom is -0.409 e. The molecule has 0 aliphatic heterocycles. The van der Waals surface area contributed by atoms with E-state index in [4.69, 9.17) is 10.9 Å². The van der Waals surface area contributed by atoms with Gasteiger partial charge in [0.15, 0.2) is 15.7 Å². The molecule has 0 unspecified atom stereocenters. The maximum atomic E-state index is 11.9. The number of nitrogens with two attached hydrogens (primary N) is 1. The molecule has 6 nitrogen and oxygen atoms in total. The Morgan fingerprint density at radius 1 is 1.32 bits per heavy atom. The second-order valence-electron chi connectivity index (χ2n) is 3.37. The van der Waals surface area contributed by atoms with Crippen LogP contribution >= 0.6 is 0 Å². The molecule has 0 bridgehead atoms. The minimum absolute atomic E-state index is 0.270. The van der Waals surface area contributed by atoms with Gasteiger partial charge in [-0.25, -0.2) is 8.42 Å². The number of nitrogens with zero attached hydrogens (tertiary/aromatic N) is 1. The van der Waals surface area contributed by atoms with E-state index in [1.165, 1.54) is 0 Å². The normalized spacial score (nSPS) is 13.3. The van der Waals surface area contributed by atoms with Crippen molar-refractivity contribution in [3.63, 3.8) is 0 Å². The summed E-state index contributed by atoms with van der Waals surface area (Å²) in [4.78, 5) is -0.270. The molecular formula is C9H9F3N2O4S. The van der Waals surface area contributed by atoms with Crippen LogP contribution in [0, 0.1) is 0 Å². The summed E-state index contributed by atoms with van der Waals surface area (Å²) in [6.07, 6.45) is -4.85. The zero-order chi connectivity index (χ0) is 14.7. The first-order valence-electron chi connectivity index (χ1n) is 4.69. The van der Waals surface area contributed by atoms with E-state index in [1.54, 1.807) is 0 Å². The number of amidine groups is 1. The second-order valence-corrected chi connectivity index (χ2v) is 5.36. The molecule has 0 amide bonds. The molecule has 0 spiro atoms. The minimum atomic E-state index is -4.85. The van der Waals surface area contributed by atoms with Crippen molar-refractivity contribution in [2.24, 2.45) is 10.9 Å². The lowest BCUT2D eigenvalue weighted by molar-refractivity contribution is -0.274. The fourth-order valence-electron chi connectivity index (χ4n) is 1.16. The molecule has 0 aliphatic carbocycles. The standard InChI is InChI=1S/C9H9F3N2O4S/c10-9(11,12)18-6-1-3-7(4-2-6)19(16,17)5-8(13)14-15/h1-4,15H,5H2,(H2,13,14). The highest BCUT2D eigenvalue weighted by molar-refractivity contribution is 7.92. The number of halogens is 3. The van der Waals surface area contributed by atoms with Crippen molar-refractivity contribution in [2.75, 3.05) is 5.75 Å². The molecule has 0 saturated heterocycles. The number of hydrogen-bond donors (Lipinski definition) is 2. The van der Waals surface area contributed by atoms with Crippen molar-refractivity contribution in [3.05, 3.63) is 24.3 Å². The Morgan fingerprint density at radius 3 is 2.26 bits per heavy atom. The first-order chi connectivity index (χ1) is 8.64. The average Bonchev–Trinajstić information content (AvgIpc) is 2.26. The Kier molecular flexibility index (Phi) is 4.24. The van der Waals surface area contributed by atoms with Crippen LogP contribution in [-0.4, -0.2) is 31.6 Å².